The minimum atomic E-state index is -1.23. The van der Waals surface area contributed by atoms with Crippen molar-refractivity contribution in [2.45, 2.75) is 25.6 Å². The molecule has 1 aromatic rings. The number of benzene rings is 1. The Morgan fingerprint density at radius 1 is 1.16 bits per heavy atom. The van der Waals surface area contributed by atoms with Crippen molar-refractivity contribution in [2.75, 3.05) is 0 Å². The van der Waals surface area contributed by atoms with Crippen molar-refractivity contribution < 1.29 is 4.79 Å². The van der Waals surface area contributed by atoms with Gasteiger partial charge in [0.05, 0.1) is 8.07 Å². The summed E-state index contributed by atoms with van der Waals surface area (Å²) in [4.78, 5) is 11.2. The zero-order chi connectivity index (χ0) is 14.2. The Bertz CT molecular complexity index is 519. The molecule has 3 atom stereocenters. The van der Waals surface area contributed by atoms with Crippen LogP contribution in [0, 0.1) is 11.8 Å². The summed E-state index contributed by atoms with van der Waals surface area (Å²) >= 11 is 12.1. The van der Waals surface area contributed by atoms with Crippen LogP contribution < -0.4 is 0 Å². The highest BCUT2D eigenvalue weighted by Crippen LogP contribution is 2.55. The van der Waals surface area contributed by atoms with Crippen LogP contribution in [0.15, 0.2) is 30.0 Å². The Hall–Kier alpha value is -0.573. The van der Waals surface area contributed by atoms with Crippen molar-refractivity contribution in [1.82, 2.24) is 0 Å². The average molecular weight is 313 g/mol. The molecule has 0 bridgehead atoms. The van der Waals surface area contributed by atoms with Crippen molar-refractivity contribution in [1.29, 1.82) is 0 Å². The number of carbonyl (C=O) groups is 1. The van der Waals surface area contributed by atoms with Crippen LogP contribution in [0.4, 0.5) is 0 Å². The van der Waals surface area contributed by atoms with Crippen molar-refractivity contribution >= 4 is 37.6 Å². The first-order valence-electron chi connectivity index (χ1n) is 6.43. The van der Waals surface area contributed by atoms with Gasteiger partial charge in [0.1, 0.15) is 6.29 Å². The summed E-state index contributed by atoms with van der Waals surface area (Å²) < 4.78 is 0. The molecule has 4 heteroatoms. The van der Waals surface area contributed by atoms with Gasteiger partial charge in [-0.3, -0.25) is 0 Å². The lowest BCUT2D eigenvalue weighted by Gasteiger charge is -2.08. The Morgan fingerprint density at radius 3 is 2.37 bits per heavy atom. The predicted octanol–water partition coefficient (Wildman–Crippen LogP) is 4.96. The highest BCUT2D eigenvalue weighted by Gasteiger charge is 2.50. The third-order valence-corrected chi connectivity index (χ3v) is 5.18. The van der Waals surface area contributed by atoms with E-state index in [0.29, 0.717) is 16.0 Å². The molecule has 0 aromatic heterocycles. The maximum absolute atomic E-state index is 11.2. The topological polar surface area (TPSA) is 17.1 Å². The molecule has 0 amide bonds. The van der Waals surface area contributed by atoms with Gasteiger partial charge in [-0.1, -0.05) is 60.7 Å². The van der Waals surface area contributed by atoms with Crippen molar-refractivity contribution in [3.8, 4) is 0 Å². The first kappa shape index (κ1) is 14.8. The number of hydrogen-bond acceptors (Lipinski definition) is 1. The van der Waals surface area contributed by atoms with E-state index in [1.807, 2.05) is 12.1 Å². The molecule has 0 radical (unpaired) electrons. The molecule has 19 heavy (non-hydrogen) atoms. The van der Waals surface area contributed by atoms with Crippen LogP contribution in [0.5, 0.6) is 0 Å². The highest BCUT2D eigenvalue weighted by atomic mass is 35.5. The predicted molar refractivity (Wildman–Crippen MR) is 84.7 cm³/mol. The van der Waals surface area contributed by atoms with Crippen LogP contribution in [0.25, 0.3) is 0 Å². The standard InChI is InChI=1S/C15H18Cl2OSi/c1-19(2,3)7-6-11-13(9-18)15(11)12-5-4-10(16)8-14(12)17/h4-9,11,13,15H,1-3H3/b7-6+/t11-,13+,15-/m1/s1. The maximum atomic E-state index is 11.2. The average Bonchev–Trinajstić information content (AvgIpc) is 2.98. The second-order valence-electron chi connectivity index (χ2n) is 6.21. The number of aldehydes is 1. The molecular weight excluding hydrogens is 295 g/mol. The van der Waals surface area contributed by atoms with Crippen molar-refractivity contribution in [2.24, 2.45) is 11.8 Å². The van der Waals surface area contributed by atoms with E-state index >= 15 is 0 Å². The normalized spacial score (nSPS) is 26.7. The number of carbonyl (C=O) groups excluding carboxylic acids is 1. The van der Waals surface area contributed by atoms with Gasteiger partial charge in [-0.05, 0) is 23.6 Å². The van der Waals surface area contributed by atoms with Crippen LogP contribution in [-0.2, 0) is 4.79 Å². The lowest BCUT2D eigenvalue weighted by molar-refractivity contribution is -0.109. The lowest BCUT2D eigenvalue weighted by Crippen LogP contribution is -2.15. The quantitative estimate of drug-likeness (QED) is 0.567. The summed E-state index contributed by atoms with van der Waals surface area (Å²) in [5.74, 6) is 0.573. The highest BCUT2D eigenvalue weighted by molar-refractivity contribution is 6.80. The van der Waals surface area contributed by atoms with Crippen LogP contribution in [0.1, 0.15) is 11.5 Å². The molecule has 0 heterocycles. The third kappa shape index (κ3) is 3.50. The molecule has 1 fully saturated rings. The van der Waals surface area contributed by atoms with E-state index in [-0.39, 0.29) is 11.8 Å². The Kier molecular flexibility index (Phi) is 4.24. The van der Waals surface area contributed by atoms with Gasteiger partial charge in [-0.25, -0.2) is 0 Å². The van der Waals surface area contributed by atoms with E-state index < -0.39 is 8.07 Å². The van der Waals surface area contributed by atoms with Gasteiger partial charge < -0.3 is 4.79 Å². The molecule has 0 saturated heterocycles. The molecular formula is C15H18Cl2OSi. The lowest BCUT2D eigenvalue weighted by atomic mass is 10.1. The monoisotopic (exact) mass is 312 g/mol. The molecule has 0 unspecified atom stereocenters. The molecule has 0 N–H and O–H groups in total. The molecule has 0 spiro atoms. The van der Waals surface area contributed by atoms with Crippen molar-refractivity contribution in [3.05, 3.63) is 45.6 Å². The van der Waals surface area contributed by atoms with Crippen LogP contribution in [0.3, 0.4) is 0 Å². The summed E-state index contributed by atoms with van der Waals surface area (Å²) in [6, 6.07) is 5.52. The Balaban J connectivity index is 2.21. The van der Waals surface area contributed by atoms with Crippen LogP contribution in [-0.4, -0.2) is 14.4 Å². The van der Waals surface area contributed by atoms with Gasteiger partial charge in [0.2, 0.25) is 0 Å². The second-order valence-corrected chi connectivity index (χ2v) is 12.1. The molecule has 1 aromatic carbocycles. The van der Waals surface area contributed by atoms with E-state index in [2.05, 4.69) is 31.4 Å². The Morgan fingerprint density at radius 2 is 1.84 bits per heavy atom. The molecule has 1 aliphatic rings. The maximum Gasteiger partial charge on any atom is 0.124 e. The number of allylic oxidation sites excluding steroid dienone is 1. The number of hydrogen-bond donors (Lipinski definition) is 0. The third-order valence-electron chi connectivity index (χ3n) is 3.43. The summed E-state index contributed by atoms with van der Waals surface area (Å²) in [6.45, 7) is 6.85. The second kappa shape index (κ2) is 5.43. The largest absolute Gasteiger partial charge is 0.303 e. The first-order valence-corrected chi connectivity index (χ1v) is 10.8. The van der Waals surface area contributed by atoms with E-state index in [0.717, 1.165) is 11.8 Å². The van der Waals surface area contributed by atoms with Gasteiger partial charge in [0.25, 0.3) is 0 Å². The molecule has 102 valence electrons. The molecule has 0 aliphatic heterocycles. The van der Waals surface area contributed by atoms with E-state index in [1.54, 1.807) is 6.07 Å². The van der Waals surface area contributed by atoms with E-state index in [9.17, 15) is 4.79 Å². The molecule has 1 saturated carbocycles. The van der Waals surface area contributed by atoms with Gasteiger partial charge >= 0.3 is 0 Å². The SMILES string of the molecule is C[Si](C)(C)/C=C/[C@@H]1[C@H](C=O)[C@H]1c1ccc(Cl)cc1Cl. The van der Waals surface area contributed by atoms with E-state index in [1.165, 1.54) is 0 Å². The summed E-state index contributed by atoms with van der Waals surface area (Å²) in [5, 5.41) is 1.29. The van der Waals surface area contributed by atoms with Crippen LogP contribution in [0.2, 0.25) is 29.7 Å². The van der Waals surface area contributed by atoms with Crippen LogP contribution >= 0.6 is 23.2 Å². The minimum absolute atomic E-state index is 0.0614. The first-order chi connectivity index (χ1) is 8.83. The summed E-state index contributed by atoms with van der Waals surface area (Å²) in [7, 11) is -1.23. The molecule has 1 aliphatic carbocycles. The molecule has 2 rings (SSSR count). The fourth-order valence-corrected chi connectivity index (χ4v) is 3.70. The smallest absolute Gasteiger partial charge is 0.124 e. The number of halogens is 2. The van der Waals surface area contributed by atoms with Gasteiger partial charge in [-0.2, -0.15) is 0 Å². The van der Waals surface area contributed by atoms with Gasteiger partial charge in [0.15, 0.2) is 0 Å². The fraction of sp³-hybridized carbons (Fsp3) is 0.400. The minimum Gasteiger partial charge on any atom is -0.303 e. The summed E-state index contributed by atoms with van der Waals surface area (Å²) in [5.41, 5.74) is 3.34. The van der Waals surface area contributed by atoms with E-state index in [4.69, 9.17) is 23.2 Å². The van der Waals surface area contributed by atoms with Crippen molar-refractivity contribution in [3.63, 3.8) is 0 Å². The Labute approximate surface area is 125 Å². The number of rotatable bonds is 4. The molecule has 1 nitrogen and oxygen atoms in total. The summed E-state index contributed by atoms with van der Waals surface area (Å²) in [6.07, 6.45) is 3.26. The van der Waals surface area contributed by atoms with Gasteiger partial charge in [0, 0.05) is 21.9 Å². The fourth-order valence-electron chi connectivity index (χ4n) is 2.37. The van der Waals surface area contributed by atoms with Gasteiger partial charge in [-0.15, -0.1) is 0 Å². The zero-order valence-electron chi connectivity index (χ0n) is 11.4. The zero-order valence-corrected chi connectivity index (χ0v) is 13.9.